The van der Waals surface area contributed by atoms with E-state index in [0.717, 1.165) is 0 Å². The number of hydrogen-bond acceptors (Lipinski definition) is 2. The Kier molecular flexibility index (Phi) is 2.97. The number of allylic oxidation sites excluding steroid dienone is 1. The highest BCUT2D eigenvalue weighted by Gasteiger charge is 2.01. The lowest BCUT2D eigenvalue weighted by atomic mass is 10.2. The summed E-state index contributed by atoms with van der Waals surface area (Å²) in [5.41, 5.74) is 10.7. The molecule has 0 aliphatic rings. The van der Waals surface area contributed by atoms with Crippen LogP contribution in [0.2, 0.25) is 0 Å². The molecule has 0 rings (SSSR count). The van der Waals surface area contributed by atoms with Crippen molar-refractivity contribution in [3.8, 4) is 0 Å². The van der Waals surface area contributed by atoms with E-state index in [9.17, 15) is 4.79 Å². The fraction of sp³-hybridized carbons (Fsp3) is 0. The SMILES string of the molecule is C=C/C(N)=C(\C=C)C(N)=O. The molecule has 0 spiro atoms. The molecule has 10 heavy (non-hydrogen) atoms. The van der Waals surface area contributed by atoms with Gasteiger partial charge in [-0.05, 0) is 6.08 Å². The second-order valence-electron chi connectivity index (χ2n) is 1.64. The Morgan fingerprint density at radius 3 is 1.80 bits per heavy atom. The molecular formula is C7H10N2O. The van der Waals surface area contributed by atoms with E-state index < -0.39 is 5.91 Å². The van der Waals surface area contributed by atoms with E-state index in [0.29, 0.717) is 0 Å². The number of primary amides is 1. The average molecular weight is 138 g/mol. The standard InChI is InChI=1S/C7H10N2O/c1-3-5(7(9)10)6(8)4-2/h3-4H,1-2,8H2,(H2,9,10)/b6-5-. The van der Waals surface area contributed by atoms with Gasteiger partial charge in [0.2, 0.25) is 0 Å². The first-order valence-corrected chi connectivity index (χ1v) is 2.68. The fourth-order valence-electron chi connectivity index (χ4n) is 0.471. The number of carbonyl (C=O) groups is 1. The van der Waals surface area contributed by atoms with Crippen molar-refractivity contribution in [2.75, 3.05) is 0 Å². The molecule has 54 valence electrons. The quantitative estimate of drug-likeness (QED) is 0.427. The van der Waals surface area contributed by atoms with Crippen LogP contribution in [0.3, 0.4) is 0 Å². The van der Waals surface area contributed by atoms with Crippen LogP contribution in [-0.4, -0.2) is 5.91 Å². The average Bonchev–Trinajstić information content (AvgIpc) is 1.88. The van der Waals surface area contributed by atoms with E-state index >= 15 is 0 Å². The molecule has 0 saturated carbocycles. The van der Waals surface area contributed by atoms with E-state index in [1.807, 2.05) is 0 Å². The molecule has 0 aliphatic carbocycles. The zero-order valence-electron chi connectivity index (χ0n) is 5.63. The summed E-state index contributed by atoms with van der Waals surface area (Å²) in [6.07, 6.45) is 2.65. The van der Waals surface area contributed by atoms with E-state index in [2.05, 4.69) is 13.2 Å². The van der Waals surface area contributed by atoms with Gasteiger partial charge in [-0.1, -0.05) is 19.2 Å². The third-order valence-corrected chi connectivity index (χ3v) is 1.00. The molecule has 0 aliphatic heterocycles. The Morgan fingerprint density at radius 2 is 1.70 bits per heavy atom. The monoisotopic (exact) mass is 138 g/mol. The Morgan fingerprint density at radius 1 is 1.20 bits per heavy atom. The molecule has 0 aromatic rings. The van der Waals surface area contributed by atoms with Gasteiger partial charge in [-0.25, -0.2) is 0 Å². The van der Waals surface area contributed by atoms with Gasteiger partial charge in [-0.3, -0.25) is 4.79 Å². The van der Waals surface area contributed by atoms with Crippen molar-refractivity contribution < 1.29 is 4.79 Å². The predicted molar refractivity (Wildman–Crippen MR) is 40.8 cm³/mol. The number of amides is 1. The minimum atomic E-state index is -0.590. The minimum Gasteiger partial charge on any atom is -0.398 e. The fourth-order valence-corrected chi connectivity index (χ4v) is 0.471. The highest BCUT2D eigenvalue weighted by molar-refractivity contribution is 5.95. The Labute approximate surface area is 59.7 Å². The summed E-state index contributed by atoms with van der Waals surface area (Å²) < 4.78 is 0. The predicted octanol–water partition coefficient (Wildman–Crippen LogP) is 0.0565. The molecule has 0 bridgehead atoms. The van der Waals surface area contributed by atoms with Crippen LogP contribution in [0.25, 0.3) is 0 Å². The zero-order valence-corrected chi connectivity index (χ0v) is 5.63. The van der Waals surface area contributed by atoms with Crippen LogP contribution in [0.5, 0.6) is 0 Å². The lowest BCUT2D eigenvalue weighted by molar-refractivity contribution is -0.114. The molecule has 0 aromatic carbocycles. The van der Waals surface area contributed by atoms with Gasteiger partial charge < -0.3 is 11.5 Å². The van der Waals surface area contributed by atoms with Crippen LogP contribution >= 0.6 is 0 Å². The topological polar surface area (TPSA) is 69.1 Å². The van der Waals surface area contributed by atoms with Crippen molar-refractivity contribution in [1.82, 2.24) is 0 Å². The number of rotatable bonds is 3. The smallest absolute Gasteiger partial charge is 0.250 e. The van der Waals surface area contributed by atoms with Gasteiger partial charge in [0.05, 0.1) is 5.57 Å². The van der Waals surface area contributed by atoms with Gasteiger partial charge in [0.15, 0.2) is 0 Å². The van der Waals surface area contributed by atoms with Crippen molar-refractivity contribution in [2.24, 2.45) is 11.5 Å². The summed E-state index contributed by atoms with van der Waals surface area (Å²) >= 11 is 0. The Balaban J connectivity index is 4.79. The van der Waals surface area contributed by atoms with Gasteiger partial charge in [0, 0.05) is 5.70 Å². The Hall–Kier alpha value is -1.51. The lowest BCUT2D eigenvalue weighted by Crippen LogP contribution is -2.16. The molecule has 0 unspecified atom stereocenters. The Bertz CT molecular complexity index is 204. The molecular weight excluding hydrogens is 128 g/mol. The normalized spacial score (nSPS) is 11.6. The third kappa shape index (κ3) is 1.78. The summed E-state index contributed by atoms with van der Waals surface area (Å²) in [4.78, 5) is 10.5. The zero-order chi connectivity index (χ0) is 8.15. The number of carbonyl (C=O) groups excluding carboxylic acids is 1. The maximum atomic E-state index is 10.5. The lowest BCUT2D eigenvalue weighted by Gasteiger charge is -1.97. The molecule has 1 amide bonds. The summed E-state index contributed by atoms with van der Waals surface area (Å²) in [6.45, 7) is 6.74. The molecule has 0 atom stereocenters. The van der Waals surface area contributed by atoms with Crippen molar-refractivity contribution >= 4 is 5.91 Å². The summed E-state index contributed by atoms with van der Waals surface area (Å²) in [6, 6.07) is 0. The molecule has 3 nitrogen and oxygen atoms in total. The second kappa shape index (κ2) is 3.50. The first kappa shape index (κ1) is 8.49. The second-order valence-corrected chi connectivity index (χ2v) is 1.64. The maximum Gasteiger partial charge on any atom is 0.250 e. The summed E-state index contributed by atoms with van der Waals surface area (Å²) in [5, 5.41) is 0. The maximum absolute atomic E-state index is 10.5. The number of hydrogen-bond donors (Lipinski definition) is 2. The molecule has 0 saturated heterocycles. The van der Waals surface area contributed by atoms with Crippen LogP contribution < -0.4 is 11.5 Å². The number of nitrogens with two attached hydrogens (primary N) is 2. The van der Waals surface area contributed by atoms with Gasteiger partial charge in [0.25, 0.3) is 5.91 Å². The first-order chi connectivity index (χ1) is 4.63. The van der Waals surface area contributed by atoms with Crippen molar-refractivity contribution in [1.29, 1.82) is 0 Å². The first-order valence-electron chi connectivity index (χ1n) is 2.68. The van der Waals surface area contributed by atoms with Gasteiger partial charge in [-0.2, -0.15) is 0 Å². The molecule has 4 N–H and O–H groups in total. The van der Waals surface area contributed by atoms with Gasteiger partial charge >= 0.3 is 0 Å². The van der Waals surface area contributed by atoms with E-state index in [-0.39, 0.29) is 11.3 Å². The van der Waals surface area contributed by atoms with Crippen molar-refractivity contribution in [3.63, 3.8) is 0 Å². The van der Waals surface area contributed by atoms with Crippen molar-refractivity contribution in [3.05, 3.63) is 36.6 Å². The third-order valence-electron chi connectivity index (χ3n) is 1.00. The van der Waals surface area contributed by atoms with E-state index in [4.69, 9.17) is 11.5 Å². The molecule has 0 heterocycles. The van der Waals surface area contributed by atoms with Crippen molar-refractivity contribution in [2.45, 2.75) is 0 Å². The van der Waals surface area contributed by atoms with Crippen LogP contribution in [-0.2, 0) is 4.79 Å². The van der Waals surface area contributed by atoms with Crippen LogP contribution in [0.15, 0.2) is 36.6 Å². The minimum absolute atomic E-state index is 0.204. The highest BCUT2D eigenvalue weighted by atomic mass is 16.1. The van der Waals surface area contributed by atoms with Gasteiger partial charge in [-0.15, -0.1) is 0 Å². The van der Waals surface area contributed by atoms with Crippen LogP contribution in [0, 0.1) is 0 Å². The molecule has 3 heteroatoms. The molecule has 0 radical (unpaired) electrons. The van der Waals surface area contributed by atoms with E-state index in [1.165, 1.54) is 12.2 Å². The molecule has 0 fully saturated rings. The largest absolute Gasteiger partial charge is 0.398 e. The summed E-state index contributed by atoms with van der Waals surface area (Å²) in [7, 11) is 0. The molecule has 0 aromatic heterocycles. The van der Waals surface area contributed by atoms with Gasteiger partial charge in [0.1, 0.15) is 0 Å². The van der Waals surface area contributed by atoms with Crippen LogP contribution in [0.1, 0.15) is 0 Å². The summed E-state index contributed by atoms with van der Waals surface area (Å²) in [5.74, 6) is -0.590. The van der Waals surface area contributed by atoms with E-state index in [1.54, 1.807) is 0 Å². The van der Waals surface area contributed by atoms with Crippen LogP contribution in [0.4, 0.5) is 0 Å². The highest BCUT2D eigenvalue weighted by Crippen LogP contribution is 1.98.